The van der Waals surface area contributed by atoms with Crippen molar-refractivity contribution < 1.29 is 5.11 Å². The highest BCUT2D eigenvalue weighted by atomic mass is 16.3. The molecule has 1 aliphatic heterocycles. The lowest BCUT2D eigenvalue weighted by molar-refractivity contribution is 0.141. The number of β-amino-alcohol motifs (C(OH)–C–C–N with tert-alkyl or cyclic N) is 1. The summed E-state index contributed by atoms with van der Waals surface area (Å²) in [6.45, 7) is 4.34. The maximum atomic E-state index is 10.6. The second-order valence-corrected chi connectivity index (χ2v) is 7.52. The molecule has 2 aromatic heterocycles. The van der Waals surface area contributed by atoms with Crippen LogP contribution in [0.1, 0.15) is 22.5 Å². The molecular formula is C22H24N4O. The average Bonchev–Trinajstić information content (AvgIpc) is 3.16. The molecule has 3 aromatic rings. The number of benzene rings is 1. The number of pyridine rings is 1. The first kappa shape index (κ1) is 17.7. The fraction of sp³-hybridized carbons (Fsp3) is 0.364. The molecule has 0 spiro atoms. The minimum atomic E-state index is -0.337. The second-order valence-electron chi connectivity index (χ2n) is 7.52. The Kier molecular flexibility index (Phi) is 4.69. The average molecular weight is 360 g/mol. The molecule has 0 radical (unpaired) electrons. The van der Waals surface area contributed by atoms with E-state index in [1.165, 1.54) is 10.9 Å². The Bertz CT molecular complexity index is 1010. The van der Waals surface area contributed by atoms with Crippen LogP contribution in [-0.2, 0) is 20.0 Å². The summed E-state index contributed by atoms with van der Waals surface area (Å²) in [7, 11) is 1.92. The normalized spacial score (nSPS) is 20.2. The van der Waals surface area contributed by atoms with Crippen LogP contribution in [0.4, 0.5) is 0 Å². The molecular weight excluding hydrogens is 336 g/mol. The second kappa shape index (κ2) is 7.15. The predicted molar refractivity (Wildman–Crippen MR) is 105 cm³/mol. The van der Waals surface area contributed by atoms with Gasteiger partial charge in [0.25, 0.3) is 0 Å². The molecule has 1 N–H and O–H groups in total. The standard InChI is InChI=1S/C22H24N4O/c1-15-17(10-19(11-23)25(15)2)12-26-13-18(22(27)14-26)9-16-7-8-24-21-6-4-3-5-20(16)21/h3-8,10,18,22,27H,9,12-14H2,1-2H3/t18-,22+/m1/s1. The predicted octanol–water partition coefficient (Wildman–Crippen LogP) is 2.79. The maximum Gasteiger partial charge on any atom is 0.120 e. The third kappa shape index (κ3) is 3.34. The largest absolute Gasteiger partial charge is 0.391 e. The van der Waals surface area contributed by atoms with Crippen molar-refractivity contribution in [2.75, 3.05) is 13.1 Å². The van der Waals surface area contributed by atoms with Gasteiger partial charge in [0.15, 0.2) is 0 Å². The Hall–Kier alpha value is -2.68. The number of likely N-dealkylation sites (tertiary alicyclic amines) is 1. The van der Waals surface area contributed by atoms with Crippen LogP contribution in [0, 0.1) is 24.2 Å². The zero-order chi connectivity index (χ0) is 19.0. The number of rotatable bonds is 4. The van der Waals surface area contributed by atoms with Gasteiger partial charge in [-0.25, -0.2) is 0 Å². The zero-order valence-corrected chi connectivity index (χ0v) is 15.8. The Labute approximate surface area is 159 Å². The van der Waals surface area contributed by atoms with E-state index in [2.05, 4.69) is 28.1 Å². The van der Waals surface area contributed by atoms with E-state index in [4.69, 9.17) is 0 Å². The minimum absolute atomic E-state index is 0.204. The zero-order valence-electron chi connectivity index (χ0n) is 15.8. The van der Waals surface area contributed by atoms with E-state index >= 15 is 0 Å². The first-order valence-corrected chi connectivity index (χ1v) is 9.35. The molecule has 5 nitrogen and oxygen atoms in total. The van der Waals surface area contributed by atoms with Gasteiger partial charge >= 0.3 is 0 Å². The molecule has 5 heteroatoms. The molecule has 1 aliphatic rings. The van der Waals surface area contributed by atoms with Crippen LogP contribution in [-0.4, -0.2) is 38.8 Å². The fourth-order valence-corrected chi connectivity index (χ4v) is 4.16. The van der Waals surface area contributed by atoms with Gasteiger partial charge in [0.2, 0.25) is 0 Å². The van der Waals surface area contributed by atoms with Crippen LogP contribution in [0.25, 0.3) is 10.9 Å². The first-order valence-electron chi connectivity index (χ1n) is 9.35. The third-order valence-corrected chi connectivity index (χ3v) is 5.85. The van der Waals surface area contributed by atoms with Crippen molar-refractivity contribution in [2.45, 2.75) is 26.0 Å². The number of aliphatic hydroxyl groups excluding tert-OH is 1. The van der Waals surface area contributed by atoms with Crippen molar-refractivity contribution >= 4 is 10.9 Å². The number of nitrogens with zero attached hydrogens (tertiary/aromatic N) is 4. The molecule has 1 fully saturated rings. The highest BCUT2D eigenvalue weighted by molar-refractivity contribution is 5.81. The smallest absolute Gasteiger partial charge is 0.120 e. The minimum Gasteiger partial charge on any atom is -0.391 e. The van der Waals surface area contributed by atoms with Crippen LogP contribution in [0.2, 0.25) is 0 Å². The van der Waals surface area contributed by atoms with Gasteiger partial charge in [-0.1, -0.05) is 18.2 Å². The van der Waals surface area contributed by atoms with Gasteiger partial charge in [0.05, 0.1) is 11.6 Å². The van der Waals surface area contributed by atoms with Crippen LogP contribution in [0.15, 0.2) is 42.6 Å². The van der Waals surface area contributed by atoms with Gasteiger partial charge < -0.3 is 9.67 Å². The molecule has 0 bridgehead atoms. The van der Waals surface area contributed by atoms with E-state index in [9.17, 15) is 10.4 Å². The van der Waals surface area contributed by atoms with E-state index < -0.39 is 0 Å². The van der Waals surface area contributed by atoms with Crippen molar-refractivity contribution in [1.29, 1.82) is 5.26 Å². The number of aliphatic hydroxyl groups is 1. The Balaban J connectivity index is 1.49. The van der Waals surface area contributed by atoms with Crippen LogP contribution in [0.3, 0.4) is 0 Å². The van der Waals surface area contributed by atoms with E-state index in [0.717, 1.165) is 36.3 Å². The summed E-state index contributed by atoms with van der Waals surface area (Å²) < 4.78 is 1.93. The Morgan fingerprint density at radius 3 is 2.81 bits per heavy atom. The highest BCUT2D eigenvalue weighted by Gasteiger charge is 2.32. The highest BCUT2D eigenvalue weighted by Crippen LogP contribution is 2.27. The summed E-state index contributed by atoms with van der Waals surface area (Å²) in [4.78, 5) is 6.73. The summed E-state index contributed by atoms with van der Waals surface area (Å²) in [5.74, 6) is 0.204. The van der Waals surface area contributed by atoms with Gasteiger partial charge in [0.1, 0.15) is 11.8 Å². The van der Waals surface area contributed by atoms with Gasteiger partial charge in [-0.3, -0.25) is 9.88 Å². The third-order valence-electron chi connectivity index (χ3n) is 5.85. The van der Waals surface area contributed by atoms with Crippen molar-refractivity contribution in [2.24, 2.45) is 13.0 Å². The van der Waals surface area contributed by atoms with Crippen LogP contribution < -0.4 is 0 Å². The molecule has 138 valence electrons. The van der Waals surface area contributed by atoms with Crippen molar-refractivity contribution in [3.63, 3.8) is 0 Å². The van der Waals surface area contributed by atoms with Crippen molar-refractivity contribution in [3.05, 3.63) is 65.1 Å². The lowest BCUT2D eigenvalue weighted by Gasteiger charge is -2.16. The topological polar surface area (TPSA) is 65.1 Å². The monoisotopic (exact) mass is 360 g/mol. The molecule has 0 amide bonds. The summed E-state index contributed by atoms with van der Waals surface area (Å²) in [5, 5.41) is 21.0. The Morgan fingerprint density at radius 1 is 1.22 bits per heavy atom. The number of aromatic nitrogens is 2. The summed E-state index contributed by atoms with van der Waals surface area (Å²) >= 11 is 0. The maximum absolute atomic E-state index is 10.6. The lowest BCUT2D eigenvalue weighted by Crippen LogP contribution is -2.21. The van der Waals surface area contributed by atoms with Crippen LogP contribution in [0.5, 0.6) is 0 Å². The number of nitriles is 1. The van der Waals surface area contributed by atoms with Crippen molar-refractivity contribution in [1.82, 2.24) is 14.5 Å². The molecule has 0 unspecified atom stereocenters. The SMILES string of the molecule is Cc1c(CN2C[C@@H](Cc3ccnc4ccccc34)[C@@H](O)C2)cc(C#N)n1C. The molecule has 0 saturated carbocycles. The van der Waals surface area contributed by atoms with Crippen molar-refractivity contribution in [3.8, 4) is 6.07 Å². The first-order chi connectivity index (χ1) is 13.1. The summed E-state index contributed by atoms with van der Waals surface area (Å²) in [6, 6.07) is 14.4. The quantitative estimate of drug-likeness (QED) is 0.777. The molecule has 0 aliphatic carbocycles. The lowest BCUT2D eigenvalue weighted by atomic mass is 9.94. The van der Waals surface area contributed by atoms with Gasteiger partial charge in [-0.05, 0) is 42.7 Å². The summed E-state index contributed by atoms with van der Waals surface area (Å²) in [6.07, 6.45) is 2.36. The van der Waals surface area contributed by atoms with Gasteiger partial charge in [0, 0.05) is 49.9 Å². The number of hydrogen-bond donors (Lipinski definition) is 1. The van der Waals surface area contributed by atoms with Gasteiger partial charge in [-0.15, -0.1) is 0 Å². The Morgan fingerprint density at radius 2 is 2.04 bits per heavy atom. The molecule has 1 saturated heterocycles. The van der Waals surface area contributed by atoms with Crippen LogP contribution >= 0.6 is 0 Å². The van der Waals surface area contributed by atoms with E-state index in [1.807, 2.05) is 49.0 Å². The molecule has 2 atom stereocenters. The fourth-order valence-electron chi connectivity index (χ4n) is 4.16. The summed E-state index contributed by atoms with van der Waals surface area (Å²) in [5.41, 5.74) is 5.21. The number of para-hydroxylation sites is 1. The van der Waals surface area contributed by atoms with E-state index in [1.54, 1.807) is 0 Å². The van der Waals surface area contributed by atoms with Gasteiger partial charge in [-0.2, -0.15) is 5.26 Å². The molecule has 27 heavy (non-hydrogen) atoms. The van der Waals surface area contributed by atoms with E-state index in [-0.39, 0.29) is 12.0 Å². The molecule has 4 rings (SSSR count). The molecule has 3 heterocycles. The molecule has 1 aromatic carbocycles. The number of fused-ring (bicyclic) bond motifs is 1. The number of hydrogen-bond acceptors (Lipinski definition) is 4. The van der Waals surface area contributed by atoms with E-state index in [0.29, 0.717) is 12.2 Å².